The minimum atomic E-state index is -3.58. The standard InChI is InChI=1S/C20H21NO2S2/c1-16(2)14-21(25(22,23)19-11-7-4-8-12-19)18-13-20(24-15-18)17-9-5-3-6-10-17/h3-13,15-16H,14H2,1-2H3. The minimum absolute atomic E-state index is 0.221. The Bertz CT molecular complexity index is 917. The van der Waals surface area contributed by atoms with E-state index in [0.717, 1.165) is 16.1 Å². The first-order valence-corrected chi connectivity index (χ1v) is 10.5. The first-order chi connectivity index (χ1) is 12.0. The van der Waals surface area contributed by atoms with E-state index in [0.29, 0.717) is 11.4 Å². The van der Waals surface area contributed by atoms with Gasteiger partial charge >= 0.3 is 0 Å². The van der Waals surface area contributed by atoms with Crippen LogP contribution in [0.4, 0.5) is 5.69 Å². The van der Waals surface area contributed by atoms with Crippen molar-refractivity contribution in [2.75, 3.05) is 10.8 Å². The highest BCUT2D eigenvalue weighted by molar-refractivity contribution is 7.92. The molecular formula is C20H21NO2S2. The predicted molar refractivity (Wildman–Crippen MR) is 106 cm³/mol. The number of anilines is 1. The second-order valence-corrected chi connectivity index (χ2v) is 9.05. The molecule has 5 heteroatoms. The molecule has 0 amide bonds. The van der Waals surface area contributed by atoms with Crippen LogP contribution < -0.4 is 4.31 Å². The summed E-state index contributed by atoms with van der Waals surface area (Å²) in [5, 5.41) is 1.92. The Morgan fingerprint density at radius 2 is 1.56 bits per heavy atom. The van der Waals surface area contributed by atoms with E-state index in [-0.39, 0.29) is 5.92 Å². The lowest BCUT2D eigenvalue weighted by atomic mass is 10.2. The van der Waals surface area contributed by atoms with Gasteiger partial charge in [-0.1, -0.05) is 62.4 Å². The molecule has 130 valence electrons. The number of benzene rings is 2. The monoisotopic (exact) mass is 371 g/mol. The van der Waals surface area contributed by atoms with Gasteiger partial charge in [0.05, 0.1) is 10.6 Å². The Balaban J connectivity index is 2.01. The van der Waals surface area contributed by atoms with Crippen molar-refractivity contribution in [2.24, 2.45) is 5.92 Å². The molecule has 1 aromatic heterocycles. The molecule has 3 nitrogen and oxygen atoms in total. The summed E-state index contributed by atoms with van der Waals surface area (Å²) in [6, 6.07) is 20.6. The van der Waals surface area contributed by atoms with Gasteiger partial charge in [-0.25, -0.2) is 8.42 Å². The summed E-state index contributed by atoms with van der Waals surface area (Å²) in [6.07, 6.45) is 0. The first-order valence-electron chi connectivity index (χ1n) is 8.20. The van der Waals surface area contributed by atoms with Crippen LogP contribution in [0.2, 0.25) is 0 Å². The Morgan fingerprint density at radius 1 is 0.960 bits per heavy atom. The highest BCUT2D eigenvalue weighted by Gasteiger charge is 2.26. The molecule has 3 aromatic rings. The average molecular weight is 372 g/mol. The number of nitrogens with zero attached hydrogens (tertiary/aromatic N) is 1. The van der Waals surface area contributed by atoms with Crippen molar-refractivity contribution < 1.29 is 8.42 Å². The predicted octanol–water partition coefficient (Wildman–Crippen LogP) is 5.27. The van der Waals surface area contributed by atoms with Crippen LogP contribution in [0.3, 0.4) is 0 Å². The highest BCUT2D eigenvalue weighted by atomic mass is 32.2. The van der Waals surface area contributed by atoms with Crippen molar-refractivity contribution >= 4 is 27.0 Å². The Morgan fingerprint density at radius 3 is 2.16 bits per heavy atom. The van der Waals surface area contributed by atoms with Crippen LogP contribution in [0.1, 0.15) is 13.8 Å². The van der Waals surface area contributed by atoms with E-state index in [4.69, 9.17) is 0 Å². The summed E-state index contributed by atoms with van der Waals surface area (Å²) < 4.78 is 27.8. The van der Waals surface area contributed by atoms with Gasteiger partial charge in [0, 0.05) is 16.8 Å². The summed E-state index contributed by atoms with van der Waals surface area (Å²) in [7, 11) is -3.58. The average Bonchev–Trinajstić information content (AvgIpc) is 3.10. The second kappa shape index (κ2) is 7.42. The Hall–Kier alpha value is -2.11. The fourth-order valence-electron chi connectivity index (χ4n) is 2.60. The van der Waals surface area contributed by atoms with Crippen LogP contribution in [-0.2, 0) is 10.0 Å². The van der Waals surface area contributed by atoms with Gasteiger partial charge in [-0.15, -0.1) is 11.3 Å². The molecule has 0 saturated carbocycles. The topological polar surface area (TPSA) is 37.4 Å². The minimum Gasteiger partial charge on any atom is -0.265 e. The Labute approximate surface area is 153 Å². The molecule has 0 aliphatic carbocycles. The van der Waals surface area contributed by atoms with E-state index >= 15 is 0 Å². The molecule has 1 heterocycles. The van der Waals surface area contributed by atoms with Crippen LogP contribution >= 0.6 is 11.3 Å². The molecule has 0 atom stereocenters. The SMILES string of the molecule is CC(C)CN(c1csc(-c2ccccc2)c1)S(=O)(=O)c1ccccc1. The summed E-state index contributed by atoms with van der Waals surface area (Å²) in [6.45, 7) is 4.50. The van der Waals surface area contributed by atoms with Gasteiger partial charge in [-0.3, -0.25) is 4.31 Å². The Kier molecular flexibility index (Phi) is 5.25. The highest BCUT2D eigenvalue weighted by Crippen LogP contribution is 2.34. The van der Waals surface area contributed by atoms with Gasteiger partial charge in [0.25, 0.3) is 10.0 Å². The fourth-order valence-corrected chi connectivity index (χ4v) is 5.21. The molecule has 0 aliphatic heterocycles. The molecule has 0 radical (unpaired) electrons. The van der Waals surface area contributed by atoms with Gasteiger partial charge in [0.2, 0.25) is 0 Å². The molecule has 0 aliphatic rings. The van der Waals surface area contributed by atoms with Gasteiger partial charge in [0.1, 0.15) is 0 Å². The molecule has 0 spiro atoms. The summed E-state index contributed by atoms with van der Waals surface area (Å²) in [4.78, 5) is 1.38. The van der Waals surface area contributed by atoms with Crippen molar-refractivity contribution in [3.63, 3.8) is 0 Å². The number of thiophene rings is 1. The molecule has 0 bridgehead atoms. The van der Waals surface area contributed by atoms with E-state index in [2.05, 4.69) is 0 Å². The van der Waals surface area contributed by atoms with E-state index in [1.54, 1.807) is 35.6 Å². The molecule has 3 rings (SSSR count). The number of rotatable bonds is 6. The van der Waals surface area contributed by atoms with E-state index in [1.165, 1.54) is 4.31 Å². The molecule has 0 saturated heterocycles. The number of hydrogen-bond acceptors (Lipinski definition) is 3. The molecule has 0 unspecified atom stereocenters. The maximum absolute atomic E-state index is 13.1. The van der Waals surface area contributed by atoms with Crippen LogP contribution in [-0.4, -0.2) is 15.0 Å². The van der Waals surface area contributed by atoms with E-state index in [1.807, 2.05) is 61.7 Å². The van der Waals surface area contributed by atoms with E-state index < -0.39 is 10.0 Å². The third-order valence-electron chi connectivity index (χ3n) is 3.79. The lowest BCUT2D eigenvalue weighted by molar-refractivity contribution is 0.578. The maximum Gasteiger partial charge on any atom is 0.264 e. The quantitative estimate of drug-likeness (QED) is 0.592. The zero-order chi connectivity index (χ0) is 17.9. The largest absolute Gasteiger partial charge is 0.265 e. The first kappa shape index (κ1) is 17.7. The van der Waals surface area contributed by atoms with Gasteiger partial charge in [0.15, 0.2) is 0 Å². The zero-order valence-electron chi connectivity index (χ0n) is 14.3. The lowest BCUT2D eigenvalue weighted by Gasteiger charge is -2.25. The summed E-state index contributed by atoms with van der Waals surface area (Å²) in [5.41, 5.74) is 1.82. The van der Waals surface area contributed by atoms with Crippen molar-refractivity contribution in [3.05, 3.63) is 72.1 Å². The van der Waals surface area contributed by atoms with Crippen LogP contribution in [0, 0.1) is 5.92 Å². The third-order valence-corrected chi connectivity index (χ3v) is 6.57. The van der Waals surface area contributed by atoms with Gasteiger partial charge in [-0.05, 0) is 29.7 Å². The number of hydrogen-bond donors (Lipinski definition) is 0. The van der Waals surface area contributed by atoms with Crippen molar-refractivity contribution in [3.8, 4) is 10.4 Å². The van der Waals surface area contributed by atoms with Crippen LogP contribution in [0.15, 0.2) is 77.0 Å². The van der Waals surface area contributed by atoms with E-state index in [9.17, 15) is 8.42 Å². The smallest absolute Gasteiger partial charge is 0.264 e. The van der Waals surface area contributed by atoms with Crippen LogP contribution in [0.25, 0.3) is 10.4 Å². The number of sulfonamides is 1. The molecule has 25 heavy (non-hydrogen) atoms. The molecule has 0 fully saturated rings. The second-order valence-electron chi connectivity index (χ2n) is 6.28. The maximum atomic E-state index is 13.1. The normalized spacial score (nSPS) is 11.6. The molecule has 2 aromatic carbocycles. The van der Waals surface area contributed by atoms with Crippen molar-refractivity contribution in [2.45, 2.75) is 18.7 Å². The molecular weight excluding hydrogens is 350 g/mol. The summed E-state index contributed by atoms with van der Waals surface area (Å²) >= 11 is 1.56. The van der Waals surface area contributed by atoms with Crippen molar-refractivity contribution in [1.29, 1.82) is 0 Å². The molecule has 0 N–H and O–H groups in total. The van der Waals surface area contributed by atoms with Crippen LogP contribution in [0.5, 0.6) is 0 Å². The lowest BCUT2D eigenvalue weighted by Crippen LogP contribution is -2.34. The van der Waals surface area contributed by atoms with Gasteiger partial charge < -0.3 is 0 Å². The summed E-state index contributed by atoms with van der Waals surface area (Å²) in [5.74, 6) is 0.221. The third kappa shape index (κ3) is 3.94. The fraction of sp³-hybridized carbons (Fsp3) is 0.200. The zero-order valence-corrected chi connectivity index (χ0v) is 15.9. The van der Waals surface area contributed by atoms with Gasteiger partial charge in [-0.2, -0.15) is 0 Å². The van der Waals surface area contributed by atoms with Crippen molar-refractivity contribution in [1.82, 2.24) is 0 Å².